The van der Waals surface area contributed by atoms with Crippen LogP contribution in [0.25, 0.3) is 22.6 Å². The van der Waals surface area contributed by atoms with Gasteiger partial charge in [0.15, 0.2) is 10.7 Å². The molecule has 1 atom stereocenters. The predicted molar refractivity (Wildman–Crippen MR) is 144 cm³/mol. The molecule has 180 valence electrons. The second kappa shape index (κ2) is 11.1. The number of benzene rings is 3. The third-order valence-electron chi connectivity index (χ3n) is 5.78. The third-order valence-corrected chi connectivity index (χ3v) is 5.98. The minimum atomic E-state index is -0.295. The fourth-order valence-electron chi connectivity index (χ4n) is 3.60. The Balaban J connectivity index is 1.42. The lowest BCUT2D eigenvalue weighted by molar-refractivity contribution is 0.0977. The number of rotatable bonds is 8. The molecule has 0 radical (unpaired) electrons. The van der Waals surface area contributed by atoms with Crippen LogP contribution in [-0.4, -0.2) is 22.6 Å². The lowest BCUT2D eigenvalue weighted by Gasteiger charge is -2.11. The van der Waals surface area contributed by atoms with E-state index in [1.165, 1.54) is 5.56 Å². The quantitative estimate of drug-likeness (QED) is 0.263. The Labute approximate surface area is 210 Å². The Morgan fingerprint density at radius 3 is 2.63 bits per heavy atom. The average molecular weight is 488 g/mol. The number of amides is 1. The largest absolute Gasteiger partial charge is 0.494 e. The summed E-state index contributed by atoms with van der Waals surface area (Å²) in [5.41, 5.74) is 4.87. The zero-order valence-corrected chi connectivity index (χ0v) is 20.9. The molecule has 0 aliphatic carbocycles. The van der Waals surface area contributed by atoms with Gasteiger partial charge in [-0.25, -0.2) is 4.98 Å². The number of aromatic nitrogens is 1. The molecule has 1 heterocycles. The van der Waals surface area contributed by atoms with Crippen molar-refractivity contribution in [2.24, 2.45) is 0 Å². The smallest absolute Gasteiger partial charge is 0.257 e. The second-order valence-electron chi connectivity index (χ2n) is 8.42. The van der Waals surface area contributed by atoms with E-state index < -0.39 is 0 Å². The Morgan fingerprint density at radius 1 is 1.09 bits per heavy atom. The molecule has 0 spiro atoms. The maximum absolute atomic E-state index is 12.6. The Bertz CT molecular complexity index is 1330. The fourth-order valence-corrected chi connectivity index (χ4v) is 3.81. The predicted octanol–water partition coefficient (Wildman–Crippen LogP) is 6.92. The van der Waals surface area contributed by atoms with Gasteiger partial charge in [0.1, 0.15) is 11.3 Å². The highest BCUT2D eigenvalue weighted by atomic mass is 32.1. The van der Waals surface area contributed by atoms with Crippen LogP contribution in [0, 0.1) is 0 Å². The molecule has 0 unspecified atom stereocenters. The van der Waals surface area contributed by atoms with Crippen molar-refractivity contribution in [2.45, 2.75) is 39.5 Å². The number of nitrogens with zero attached hydrogens (tertiary/aromatic N) is 1. The van der Waals surface area contributed by atoms with Gasteiger partial charge < -0.3 is 14.5 Å². The van der Waals surface area contributed by atoms with E-state index in [1.54, 1.807) is 24.3 Å². The first-order valence-corrected chi connectivity index (χ1v) is 12.2. The fraction of sp³-hybridized carbons (Fsp3) is 0.250. The van der Waals surface area contributed by atoms with Crippen LogP contribution in [0.15, 0.2) is 71.1 Å². The first kappa shape index (κ1) is 24.4. The van der Waals surface area contributed by atoms with Crippen LogP contribution in [0.1, 0.15) is 55.5 Å². The second-order valence-corrected chi connectivity index (χ2v) is 8.83. The Kier molecular flexibility index (Phi) is 7.77. The lowest BCUT2D eigenvalue weighted by Crippen LogP contribution is -2.34. The molecule has 1 aromatic heterocycles. The summed E-state index contributed by atoms with van der Waals surface area (Å²) in [7, 11) is 0. The number of thiocarbonyl (C=S) groups is 1. The van der Waals surface area contributed by atoms with Gasteiger partial charge >= 0.3 is 0 Å². The summed E-state index contributed by atoms with van der Waals surface area (Å²) in [6.45, 7) is 7.06. The Hall–Kier alpha value is -3.71. The molecule has 4 aromatic rings. The molecule has 35 heavy (non-hydrogen) atoms. The molecule has 3 aromatic carbocycles. The average Bonchev–Trinajstić information content (AvgIpc) is 3.31. The number of anilines is 1. The van der Waals surface area contributed by atoms with E-state index >= 15 is 0 Å². The van der Waals surface area contributed by atoms with Gasteiger partial charge in [-0.1, -0.05) is 32.9 Å². The molecule has 0 saturated heterocycles. The van der Waals surface area contributed by atoms with Crippen LogP contribution in [0.2, 0.25) is 0 Å². The van der Waals surface area contributed by atoms with Gasteiger partial charge in [-0.05, 0) is 91.1 Å². The van der Waals surface area contributed by atoms with Gasteiger partial charge in [0.05, 0.1) is 6.61 Å². The number of carbonyl (C=O) groups is 1. The monoisotopic (exact) mass is 487 g/mol. The minimum absolute atomic E-state index is 0.203. The normalized spacial score (nSPS) is 11.7. The van der Waals surface area contributed by atoms with E-state index in [-0.39, 0.29) is 11.0 Å². The van der Waals surface area contributed by atoms with Crippen molar-refractivity contribution in [3.05, 3.63) is 77.9 Å². The molecular weight excluding hydrogens is 458 g/mol. The third kappa shape index (κ3) is 6.05. The highest BCUT2D eigenvalue weighted by Crippen LogP contribution is 2.29. The number of hydrogen-bond donors (Lipinski definition) is 2. The van der Waals surface area contributed by atoms with Crippen molar-refractivity contribution < 1.29 is 13.9 Å². The van der Waals surface area contributed by atoms with Crippen molar-refractivity contribution in [3.63, 3.8) is 0 Å². The number of hydrogen-bond acceptors (Lipinski definition) is 5. The van der Waals surface area contributed by atoms with E-state index in [0.717, 1.165) is 40.9 Å². The lowest BCUT2D eigenvalue weighted by atomic mass is 9.98. The molecule has 0 fully saturated rings. The number of fused-ring (bicyclic) bond motifs is 1. The van der Waals surface area contributed by atoms with Gasteiger partial charge in [-0.2, -0.15) is 0 Å². The minimum Gasteiger partial charge on any atom is -0.494 e. The number of oxazole rings is 1. The van der Waals surface area contributed by atoms with Gasteiger partial charge in [0, 0.05) is 16.8 Å². The molecule has 0 bridgehead atoms. The summed E-state index contributed by atoms with van der Waals surface area (Å²) in [4.78, 5) is 17.2. The molecule has 0 saturated carbocycles. The number of nitrogens with one attached hydrogen (secondary N) is 2. The molecule has 0 aliphatic heterocycles. The van der Waals surface area contributed by atoms with Crippen LogP contribution in [0.5, 0.6) is 5.75 Å². The van der Waals surface area contributed by atoms with Crippen LogP contribution in [-0.2, 0) is 0 Å². The summed E-state index contributed by atoms with van der Waals surface area (Å²) in [6.07, 6.45) is 1.99. The SMILES string of the molecule is CCCOc1ccc(C(=O)NC(=S)Nc2cccc(-c3nc4cc([C@@H](C)CC)ccc4o3)c2)cc1. The van der Waals surface area contributed by atoms with Gasteiger partial charge in [0.25, 0.3) is 5.91 Å². The molecule has 7 heteroatoms. The first-order chi connectivity index (χ1) is 17.0. The summed E-state index contributed by atoms with van der Waals surface area (Å²) >= 11 is 5.35. The zero-order chi connectivity index (χ0) is 24.8. The van der Waals surface area contributed by atoms with Crippen LogP contribution in [0.4, 0.5) is 5.69 Å². The van der Waals surface area contributed by atoms with E-state index in [4.69, 9.17) is 21.4 Å². The maximum atomic E-state index is 12.6. The molecule has 6 nitrogen and oxygen atoms in total. The summed E-state index contributed by atoms with van der Waals surface area (Å²) in [6, 6.07) is 20.7. The van der Waals surface area contributed by atoms with E-state index in [0.29, 0.717) is 24.0 Å². The van der Waals surface area contributed by atoms with Crippen LogP contribution >= 0.6 is 12.2 Å². The molecule has 0 aliphatic rings. The molecule has 1 amide bonds. The van der Waals surface area contributed by atoms with Gasteiger partial charge in [-0.15, -0.1) is 0 Å². The number of carbonyl (C=O) groups excluding carboxylic acids is 1. The van der Waals surface area contributed by atoms with Crippen molar-refractivity contribution in [1.29, 1.82) is 0 Å². The summed E-state index contributed by atoms with van der Waals surface area (Å²) < 4.78 is 11.5. The van der Waals surface area contributed by atoms with E-state index in [2.05, 4.69) is 41.6 Å². The Morgan fingerprint density at radius 2 is 1.89 bits per heavy atom. The number of ether oxygens (including phenoxy) is 1. The van der Waals surface area contributed by atoms with E-state index in [1.807, 2.05) is 37.3 Å². The van der Waals surface area contributed by atoms with Crippen molar-refractivity contribution in [3.8, 4) is 17.2 Å². The van der Waals surface area contributed by atoms with Crippen LogP contribution < -0.4 is 15.4 Å². The van der Waals surface area contributed by atoms with E-state index in [9.17, 15) is 4.79 Å². The van der Waals surface area contributed by atoms with Crippen molar-refractivity contribution in [2.75, 3.05) is 11.9 Å². The topological polar surface area (TPSA) is 76.4 Å². The molecule has 2 N–H and O–H groups in total. The standard InChI is InChI=1S/C28H29N3O3S/c1-4-15-33-23-12-9-19(10-13-23)26(32)31-28(35)29-22-8-6-7-21(16-22)27-30-24-17-20(18(3)5-2)11-14-25(24)34-27/h6-14,16-18H,4-5,15H2,1-3H3,(H2,29,31,32,35)/t18-/m0/s1. The maximum Gasteiger partial charge on any atom is 0.257 e. The first-order valence-electron chi connectivity index (χ1n) is 11.8. The highest BCUT2D eigenvalue weighted by molar-refractivity contribution is 7.80. The zero-order valence-electron chi connectivity index (χ0n) is 20.1. The highest BCUT2D eigenvalue weighted by Gasteiger charge is 2.13. The van der Waals surface area contributed by atoms with Gasteiger partial charge in [0.2, 0.25) is 5.89 Å². The van der Waals surface area contributed by atoms with Crippen molar-refractivity contribution in [1.82, 2.24) is 10.3 Å². The molecular formula is C28H29N3O3S. The summed E-state index contributed by atoms with van der Waals surface area (Å²) in [5.74, 6) is 1.44. The van der Waals surface area contributed by atoms with Crippen molar-refractivity contribution >= 4 is 40.0 Å². The van der Waals surface area contributed by atoms with Gasteiger partial charge in [-0.3, -0.25) is 10.1 Å². The molecule has 4 rings (SSSR count). The summed E-state index contributed by atoms with van der Waals surface area (Å²) in [5, 5.41) is 5.98. The van der Waals surface area contributed by atoms with Crippen LogP contribution in [0.3, 0.4) is 0 Å².